The van der Waals surface area contributed by atoms with E-state index in [1.165, 1.54) is 0 Å². The first-order chi connectivity index (χ1) is 7.80. The molecular weight excluding hydrogens is 216 g/mol. The maximum absolute atomic E-state index is 12.2. The van der Waals surface area contributed by atoms with Crippen molar-refractivity contribution < 1.29 is 9.53 Å². The number of nitrogens with two attached hydrogens (primary N) is 1. The first-order valence-electron chi connectivity index (χ1n) is 6.54. The summed E-state index contributed by atoms with van der Waals surface area (Å²) in [7, 11) is 0. The van der Waals surface area contributed by atoms with Gasteiger partial charge in [-0.05, 0) is 40.0 Å². The summed E-state index contributed by atoms with van der Waals surface area (Å²) in [6, 6.07) is 0. The van der Waals surface area contributed by atoms with Gasteiger partial charge in [-0.25, -0.2) is 0 Å². The van der Waals surface area contributed by atoms with Gasteiger partial charge in [0.1, 0.15) is 0 Å². The van der Waals surface area contributed by atoms with Gasteiger partial charge in [0.15, 0.2) is 0 Å². The van der Waals surface area contributed by atoms with Crippen molar-refractivity contribution in [3.8, 4) is 0 Å². The summed E-state index contributed by atoms with van der Waals surface area (Å²) in [6.45, 7) is 7.45. The normalized spacial score (nSPS) is 30.8. The van der Waals surface area contributed by atoms with E-state index in [4.69, 9.17) is 10.5 Å². The van der Waals surface area contributed by atoms with Gasteiger partial charge in [-0.15, -0.1) is 0 Å². The Balaban J connectivity index is 1.94. The van der Waals surface area contributed by atoms with E-state index in [1.54, 1.807) is 0 Å². The first kappa shape index (κ1) is 12.8. The highest BCUT2D eigenvalue weighted by Crippen LogP contribution is 2.33. The zero-order valence-electron chi connectivity index (χ0n) is 11.2. The van der Waals surface area contributed by atoms with Crippen LogP contribution in [-0.4, -0.2) is 41.1 Å². The summed E-state index contributed by atoms with van der Waals surface area (Å²) in [4.78, 5) is 14.1. The van der Waals surface area contributed by atoms with Crippen molar-refractivity contribution >= 4 is 5.91 Å². The van der Waals surface area contributed by atoms with Crippen LogP contribution in [0, 0.1) is 0 Å². The molecule has 1 saturated heterocycles. The second-order valence-corrected chi connectivity index (χ2v) is 6.36. The molecule has 2 aliphatic rings. The Kier molecular flexibility index (Phi) is 3.21. The number of nitrogens with zero attached hydrogens (tertiary/aromatic N) is 1. The number of hydrogen-bond donors (Lipinski definition) is 1. The van der Waals surface area contributed by atoms with E-state index < -0.39 is 0 Å². The molecule has 17 heavy (non-hydrogen) atoms. The van der Waals surface area contributed by atoms with E-state index in [0.717, 1.165) is 19.3 Å². The van der Waals surface area contributed by atoms with E-state index in [1.807, 2.05) is 25.7 Å². The number of morpholine rings is 1. The topological polar surface area (TPSA) is 55.6 Å². The number of ether oxygens (including phenoxy) is 1. The molecule has 1 aliphatic carbocycles. The summed E-state index contributed by atoms with van der Waals surface area (Å²) in [5, 5.41) is 0. The standard InChI is InChI=1S/C13H24N2O2/c1-10-8-15(9-12(2,3)17-10)11(16)7-13(14)5-4-6-13/h10H,4-9,14H2,1-3H3. The van der Waals surface area contributed by atoms with Gasteiger partial charge in [-0.2, -0.15) is 0 Å². The lowest BCUT2D eigenvalue weighted by Gasteiger charge is -2.44. The van der Waals surface area contributed by atoms with Gasteiger partial charge in [0.2, 0.25) is 5.91 Å². The molecule has 4 heteroatoms. The summed E-state index contributed by atoms with van der Waals surface area (Å²) in [6.07, 6.45) is 3.74. The van der Waals surface area contributed by atoms with Crippen molar-refractivity contribution in [3.63, 3.8) is 0 Å². The molecule has 0 radical (unpaired) electrons. The Labute approximate surface area is 103 Å². The fourth-order valence-electron chi connectivity index (χ4n) is 2.86. The van der Waals surface area contributed by atoms with Crippen molar-refractivity contribution in [2.75, 3.05) is 13.1 Å². The molecule has 1 atom stereocenters. The third kappa shape index (κ3) is 2.99. The van der Waals surface area contributed by atoms with Gasteiger partial charge in [0.05, 0.1) is 11.7 Å². The first-order valence-corrected chi connectivity index (χ1v) is 6.54. The Morgan fingerprint density at radius 1 is 1.47 bits per heavy atom. The zero-order chi connectivity index (χ0) is 12.7. The highest BCUT2D eigenvalue weighted by Gasteiger charge is 2.39. The highest BCUT2D eigenvalue weighted by molar-refractivity contribution is 5.77. The van der Waals surface area contributed by atoms with Crippen LogP contribution in [0.2, 0.25) is 0 Å². The third-order valence-electron chi connectivity index (χ3n) is 3.77. The van der Waals surface area contributed by atoms with Crippen LogP contribution in [0.3, 0.4) is 0 Å². The number of amides is 1. The molecule has 1 heterocycles. The molecule has 98 valence electrons. The SMILES string of the molecule is CC1CN(C(=O)CC2(N)CCC2)CC(C)(C)O1. The van der Waals surface area contributed by atoms with Crippen LogP contribution in [0.15, 0.2) is 0 Å². The van der Waals surface area contributed by atoms with Crippen molar-refractivity contribution in [2.45, 2.75) is 63.7 Å². The summed E-state index contributed by atoms with van der Waals surface area (Å²) in [5.74, 6) is 0.190. The van der Waals surface area contributed by atoms with Gasteiger partial charge >= 0.3 is 0 Å². The molecule has 2 fully saturated rings. The van der Waals surface area contributed by atoms with Crippen LogP contribution in [0.4, 0.5) is 0 Å². The predicted octanol–water partition coefficient (Wildman–Crippen LogP) is 1.28. The Morgan fingerprint density at radius 3 is 2.59 bits per heavy atom. The van der Waals surface area contributed by atoms with Crippen LogP contribution in [-0.2, 0) is 9.53 Å². The molecular formula is C13H24N2O2. The number of hydrogen-bond acceptors (Lipinski definition) is 3. The predicted molar refractivity (Wildman–Crippen MR) is 66.6 cm³/mol. The largest absolute Gasteiger partial charge is 0.369 e. The van der Waals surface area contributed by atoms with Crippen LogP contribution in [0.25, 0.3) is 0 Å². The molecule has 4 nitrogen and oxygen atoms in total. The number of rotatable bonds is 2. The Morgan fingerprint density at radius 2 is 2.12 bits per heavy atom. The van der Waals surface area contributed by atoms with Crippen LogP contribution in [0.5, 0.6) is 0 Å². The van der Waals surface area contributed by atoms with E-state index >= 15 is 0 Å². The molecule has 2 rings (SSSR count). The number of carbonyl (C=O) groups excluding carboxylic acids is 1. The monoisotopic (exact) mass is 240 g/mol. The minimum Gasteiger partial charge on any atom is -0.369 e. The molecule has 0 aromatic carbocycles. The molecule has 1 aliphatic heterocycles. The minimum atomic E-state index is -0.241. The fourth-order valence-corrected chi connectivity index (χ4v) is 2.86. The van der Waals surface area contributed by atoms with E-state index in [9.17, 15) is 4.79 Å². The second-order valence-electron chi connectivity index (χ2n) is 6.36. The van der Waals surface area contributed by atoms with Crippen LogP contribution < -0.4 is 5.73 Å². The van der Waals surface area contributed by atoms with Crippen LogP contribution >= 0.6 is 0 Å². The van der Waals surface area contributed by atoms with E-state index in [2.05, 4.69) is 0 Å². The molecule has 0 aromatic rings. The van der Waals surface area contributed by atoms with E-state index in [-0.39, 0.29) is 23.2 Å². The van der Waals surface area contributed by atoms with Crippen molar-refractivity contribution in [3.05, 3.63) is 0 Å². The molecule has 1 unspecified atom stereocenters. The fraction of sp³-hybridized carbons (Fsp3) is 0.923. The zero-order valence-corrected chi connectivity index (χ0v) is 11.2. The van der Waals surface area contributed by atoms with Crippen molar-refractivity contribution in [2.24, 2.45) is 5.73 Å². The highest BCUT2D eigenvalue weighted by atomic mass is 16.5. The maximum Gasteiger partial charge on any atom is 0.224 e. The van der Waals surface area contributed by atoms with Gasteiger partial charge in [0.25, 0.3) is 0 Å². The van der Waals surface area contributed by atoms with Crippen LogP contribution in [0.1, 0.15) is 46.5 Å². The van der Waals surface area contributed by atoms with Crippen molar-refractivity contribution in [1.29, 1.82) is 0 Å². The molecule has 0 aromatic heterocycles. The Bertz CT molecular complexity index is 311. The lowest BCUT2D eigenvalue weighted by atomic mass is 9.75. The Hall–Kier alpha value is -0.610. The average Bonchev–Trinajstić information content (AvgIpc) is 2.12. The lowest BCUT2D eigenvalue weighted by Crippen LogP contribution is -2.57. The van der Waals surface area contributed by atoms with Gasteiger partial charge < -0.3 is 15.4 Å². The maximum atomic E-state index is 12.2. The second kappa shape index (κ2) is 4.25. The summed E-state index contributed by atoms with van der Waals surface area (Å²) < 4.78 is 5.80. The van der Waals surface area contributed by atoms with Crippen molar-refractivity contribution in [1.82, 2.24) is 4.90 Å². The van der Waals surface area contributed by atoms with Gasteiger partial charge in [-0.3, -0.25) is 4.79 Å². The molecule has 1 amide bonds. The third-order valence-corrected chi connectivity index (χ3v) is 3.77. The lowest BCUT2D eigenvalue weighted by molar-refractivity contribution is -0.159. The smallest absolute Gasteiger partial charge is 0.224 e. The number of carbonyl (C=O) groups is 1. The molecule has 2 N–H and O–H groups in total. The van der Waals surface area contributed by atoms with E-state index in [0.29, 0.717) is 19.5 Å². The summed E-state index contributed by atoms with van der Waals surface area (Å²) >= 11 is 0. The molecule has 1 saturated carbocycles. The molecule has 0 spiro atoms. The average molecular weight is 240 g/mol. The minimum absolute atomic E-state index is 0.109. The van der Waals surface area contributed by atoms with Gasteiger partial charge in [-0.1, -0.05) is 0 Å². The quantitative estimate of drug-likeness (QED) is 0.791. The summed E-state index contributed by atoms with van der Waals surface area (Å²) in [5.41, 5.74) is 5.67. The van der Waals surface area contributed by atoms with Gasteiger partial charge in [0, 0.05) is 25.0 Å². The molecule has 0 bridgehead atoms.